The number of anilines is 1. The Labute approximate surface area is 117 Å². The highest BCUT2D eigenvalue weighted by atomic mass is 15.3. The Bertz CT molecular complexity index is 748. The molecule has 0 amide bonds. The molecule has 0 aliphatic rings. The first kappa shape index (κ1) is 12.3. The molecule has 98 valence electrons. The van der Waals surface area contributed by atoms with Crippen molar-refractivity contribution in [3.05, 3.63) is 65.9 Å². The van der Waals surface area contributed by atoms with Crippen LogP contribution in [0.25, 0.3) is 11.0 Å². The normalized spacial score (nSPS) is 11.1. The quantitative estimate of drug-likeness (QED) is 0.581. The molecule has 0 spiro atoms. The lowest BCUT2D eigenvalue weighted by Gasteiger charge is -2.01. The zero-order chi connectivity index (χ0) is 13.8. The van der Waals surface area contributed by atoms with Gasteiger partial charge in [-0.2, -0.15) is 5.10 Å². The van der Waals surface area contributed by atoms with E-state index in [1.54, 1.807) is 12.4 Å². The SMILES string of the molecule is Cc1ccc(/C=N/Nc2cnc3ccccc3n2)cc1. The topological polar surface area (TPSA) is 50.2 Å². The van der Waals surface area contributed by atoms with E-state index in [4.69, 9.17) is 0 Å². The van der Waals surface area contributed by atoms with Crippen molar-refractivity contribution >= 4 is 23.1 Å². The Balaban J connectivity index is 1.74. The predicted octanol–water partition coefficient (Wildman–Crippen LogP) is 3.38. The van der Waals surface area contributed by atoms with Crippen molar-refractivity contribution < 1.29 is 0 Å². The highest BCUT2D eigenvalue weighted by Gasteiger charge is 1.97. The van der Waals surface area contributed by atoms with E-state index in [-0.39, 0.29) is 0 Å². The fourth-order valence-electron chi connectivity index (χ4n) is 1.84. The molecule has 0 saturated heterocycles. The maximum Gasteiger partial charge on any atom is 0.165 e. The van der Waals surface area contributed by atoms with Gasteiger partial charge in [0.1, 0.15) is 0 Å². The molecule has 1 N–H and O–H groups in total. The second-order valence-corrected chi connectivity index (χ2v) is 4.52. The lowest BCUT2D eigenvalue weighted by molar-refractivity contribution is 1.22. The van der Waals surface area contributed by atoms with Gasteiger partial charge in [0.05, 0.1) is 23.4 Å². The van der Waals surface area contributed by atoms with E-state index in [1.807, 2.05) is 36.4 Å². The molecule has 0 atom stereocenters. The second kappa shape index (κ2) is 5.48. The van der Waals surface area contributed by atoms with Crippen molar-refractivity contribution in [2.24, 2.45) is 5.10 Å². The average Bonchev–Trinajstić information content (AvgIpc) is 2.49. The average molecular weight is 262 g/mol. The predicted molar refractivity (Wildman–Crippen MR) is 81.9 cm³/mol. The minimum Gasteiger partial charge on any atom is -0.260 e. The van der Waals surface area contributed by atoms with Gasteiger partial charge in [-0.05, 0) is 24.6 Å². The Morgan fingerprint density at radius 2 is 1.75 bits per heavy atom. The van der Waals surface area contributed by atoms with Crippen molar-refractivity contribution in [1.82, 2.24) is 9.97 Å². The van der Waals surface area contributed by atoms with E-state index < -0.39 is 0 Å². The Kier molecular flexibility index (Phi) is 3.37. The molecule has 0 unspecified atom stereocenters. The van der Waals surface area contributed by atoms with Crippen molar-refractivity contribution in [2.45, 2.75) is 6.92 Å². The van der Waals surface area contributed by atoms with E-state index >= 15 is 0 Å². The number of benzene rings is 2. The summed E-state index contributed by atoms with van der Waals surface area (Å²) in [6.07, 6.45) is 3.44. The molecule has 1 heterocycles. The Morgan fingerprint density at radius 3 is 2.55 bits per heavy atom. The van der Waals surface area contributed by atoms with Crippen LogP contribution in [-0.2, 0) is 0 Å². The molecule has 0 aliphatic heterocycles. The first-order valence-electron chi connectivity index (χ1n) is 6.39. The molecular weight excluding hydrogens is 248 g/mol. The van der Waals surface area contributed by atoms with Crippen molar-refractivity contribution in [2.75, 3.05) is 5.43 Å². The van der Waals surface area contributed by atoms with Gasteiger partial charge in [-0.1, -0.05) is 42.0 Å². The molecule has 4 heteroatoms. The lowest BCUT2D eigenvalue weighted by atomic mass is 10.2. The molecule has 4 nitrogen and oxygen atoms in total. The summed E-state index contributed by atoms with van der Waals surface area (Å²) in [5.41, 5.74) is 6.89. The summed E-state index contributed by atoms with van der Waals surface area (Å²) < 4.78 is 0. The van der Waals surface area contributed by atoms with Gasteiger partial charge in [0, 0.05) is 0 Å². The number of aryl methyl sites for hydroxylation is 1. The minimum atomic E-state index is 0.632. The van der Waals surface area contributed by atoms with Crippen LogP contribution in [0.15, 0.2) is 59.8 Å². The van der Waals surface area contributed by atoms with Crippen LogP contribution in [0.5, 0.6) is 0 Å². The number of hydrogen-bond donors (Lipinski definition) is 1. The highest BCUT2D eigenvalue weighted by molar-refractivity contribution is 5.80. The highest BCUT2D eigenvalue weighted by Crippen LogP contribution is 2.11. The zero-order valence-corrected chi connectivity index (χ0v) is 11.1. The first-order valence-corrected chi connectivity index (χ1v) is 6.39. The van der Waals surface area contributed by atoms with E-state index in [1.165, 1.54) is 5.56 Å². The standard InChI is InChI=1S/C16H14N4/c1-12-6-8-13(9-7-12)10-18-20-16-11-17-14-4-2-3-5-15(14)19-16/h2-11H,1H3,(H,19,20)/b18-10+. The van der Waals surface area contributed by atoms with Crippen molar-refractivity contribution in [3.63, 3.8) is 0 Å². The van der Waals surface area contributed by atoms with Gasteiger partial charge in [-0.3, -0.25) is 10.4 Å². The van der Waals surface area contributed by atoms with Gasteiger partial charge in [-0.25, -0.2) is 4.98 Å². The number of para-hydroxylation sites is 2. The second-order valence-electron chi connectivity index (χ2n) is 4.52. The number of hydrazone groups is 1. The Morgan fingerprint density at radius 1 is 1.00 bits per heavy atom. The minimum absolute atomic E-state index is 0.632. The van der Waals surface area contributed by atoms with Crippen LogP contribution in [0.3, 0.4) is 0 Å². The van der Waals surface area contributed by atoms with Crippen LogP contribution < -0.4 is 5.43 Å². The van der Waals surface area contributed by atoms with Crippen LogP contribution in [0, 0.1) is 6.92 Å². The molecule has 20 heavy (non-hydrogen) atoms. The summed E-state index contributed by atoms with van der Waals surface area (Å²) in [5, 5.41) is 4.17. The van der Waals surface area contributed by atoms with Gasteiger partial charge in [0.15, 0.2) is 5.82 Å². The van der Waals surface area contributed by atoms with Gasteiger partial charge in [0.25, 0.3) is 0 Å². The van der Waals surface area contributed by atoms with Crippen LogP contribution in [-0.4, -0.2) is 16.2 Å². The number of hydrogen-bond acceptors (Lipinski definition) is 4. The summed E-state index contributed by atoms with van der Waals surface area (Å²) in [6, 6.07) is 15.9. The third-order valence-corrected chi connectivity index (χ3v) is 2.92. The molecule has 0 bridgehead atoms. The van der Waals surface area contributed by atoms with Crippen LogP contribution >= 0.6 is 0 Å². The summed E-state index contributed by atoms with van der Waals surface area (Å²) >= 11 is 0. The fourth-order valence-corrected chi connectivity index (χ4v) is 1.84. The molecule has 2 aromatic carbocycles. The summed E-state index contributed by atoms with van der Waals surface area (Å²) in [7, 11) is 0. The maximum atomic E-state index is 4.43. The number of aromatic nitrogens is 2. The smallest absolute Gasteiger partial charge is 0.165 e. The zero-order valence-electron chi connectivity index (χ0n) is 11.1. The van der Waals surface area contributed by atoms with E-state index in [0.717, 1.165) is 16.6 Å². The van der Waals surface area contributed by atoms with Gasteiger partial charge < -0.3 is 0 Å². The number of rotatable bonds is 3. The van der Waals surface area contributed by atoms with Gasteiger partial charge in [-0.15, -0.1) is 0 Å². The van der Waals surface area contributed by atoms with Crippen LogP contribution in [0.2, 0.25) is 0 Å². The maximum absolute atomic E-state index is 4.43. The molecule has 3 rings (SSSR count). The number of nitrogens with zero attached hydrogens (tertiary/aromatic N) is 3. The molecular formula is C16H14N4. The number of nitrogens with one attached hydrogen (secondary N) is 1. The number of fused-ring (bicyclic) bond motifs is 1. The molecule has 1 aromatic heterocycles. The van der Waals surface area contributed by atoms with E-state index in [0.29, 0.717) is 5.82 Å². The fraction of sp³-hybridized carbons (Fsp3) is 0.0625. The third-order valence-electron chi connectivity index (χ3n) is 2.92. The van der Waals surface area contributed by atoms with Gasteiger partial charge >= 0.3 is 0 Å². The van der Waals surface area contributed by atoms with Crippen LogP contribution in [0.4, 0.5) is 5.82 Å². The Hall–Kier alpha value is -2.75. The lowest BCUT2D eigenvalue weighted by Crippen LogP contribution is -1.95. The summed E-state index contributed by atoms with van der Waals surface area (Å²) in [6.45, 7) is 2.06. The summed E-state index contributed by atoms with van der Waals surface area (Å²) in [4.78, 5) is 8.75. The molecule has 0 fully saturated rings. The molecule has 0 radical (unpaired) electrons. The largest absolute Gasteiger partial charge is 0.260 e. The molecule has 3 aromatic rings. The molecule has 0 aliphatic carbocycles. The monoisotopic (exact) mass is 262 g/mol. The van der Waals surface area contributed by atoms with Crippen LogP contribution in [0.1, 0.15) is 11.1 Å². The summed E-state index contributed by atoms with van der Waals surface area (Å²) in [5.74, 6) is 0.632. The van der Waals surface area contributed by atoms with Crippen molar-refractivity contribution in [3.8, 4) is 0 Å². The van der Waals surface area contributed by atoms with Crippen molar-refractivity contribution in [1.29, 1.82) is 0 Å². The first-order chi connectivity index (χ1) is 9.81. The molecule has 0 saturated carbocycles. The third kappa shape index (κ3) is 2.80. The van der Waals surface area contributed by atoms with E-state index in [2.05, 4.69) is 39.6 Å². The van der Waals surface area contributed by atoms with E-state index in [9.17, 15) is 0 Å². The van der Waals surface area contributed by atoms with Gasteiger partial charge in [0.2, 0.25) is 0 Å².